The molecule has 0 bridgehead atoms. The molecule has 2 unspecified atom stereocenters. The molecule has 2 aromatic carbocycles. The lowest BCUT2D eigenvalue weighted by atomic mass is 10.2. The zero-order chi connectivity index (χ0) is 29.1. The lowest BCUT2D eigenvalue weighted by molar-refractivity contribution is -0.163. The minimum absolute atomic E-state index is 0.0223. The molecular weight excluding hydrogens is 570 g/mol. The predicted octanol–water partition coefficient (Wildman–Crippen LogP) is 3.54. The van der Waals surface area contributed by atoms with E-state index in [1.165, 1.54) is 36.5 Å². The number of anilines is 1. The van der Waals surface area contributed by atoms with Crippen LogP contribution in [0.3, 0.4) is 0 Å². The first-order valence-corrected chi connectivity index (χ1v) is 15.3. The molecule has 5 rings (SSSR count). The Labute approximate surface area is 240 Å². The Morgan fingerprint density at radius 1 is 1.27 bits per heavy atom. The Kier molecular flexibility index (Phi) is 8.35. The third kappa shape index (κ3) is 6.40. The monoisotopic (exact) mass is 599 g/mol. The van der Waals surface area contributed by atoms with Crippen LogP contribution in [0.2, 0.25) is 0 Å². The average Bonchev–Trinajstić information content (AvgIpc) is 3.63. The fraction of sp³-hybridized carbons (Fsp3) is 0.333. The van der Waals surface area contributed by atoms with Gasteiger partial charge in [-0.05, 0) is 38.1 Å². The van der Waals surface area contributed by atoms with Crippen LogP contribution in [0.5, 0.6) is 5.75 Å². The van der Waals surface area contributed by atoms with E-state index in [-0.39, 0.29) is 29.6 Å². The van der Waals surface area contributed by atoms with Crippen LogP contribution in [0.4, 0.5) is 5.69 Å². The Hall–Kier alpha value is -3.85. The van der Waals surface area contributed by atoms with E-state index < -0.39 is 34.4 Å². The molecule has 0 saturated carbocycles. The van der Waals surface area contributed by atoms with Gasteiger partial charge in [0.25, 0.3) is 0 Å². The molecule has 0 radical (unpaired) electrons. The van der Waals surface area contributed by atoms with E-state index >= 15 is 0 Å². The first-order chi connectivity index (χ1) is 19.6. The van der Waals surface area contributed by atoms with Gasteiger partial charge in [-0.3, -0.25) is 9.59 Å². The molecule has 1 amide bonds. The summed E-state index contributed by atoms with van der Waals surface area (Å²) in [7, 11) is -4.21. The van der Waals surface area contributed by atoms with Crippen molar-refractivity contribution in [3.05, 3.63) is 53.4 Å². The number of hydrogen-bond acceptors (Lipinski definition) is 10. The van der Waals surface area contributed by atoms with Gasteiger partial charge in [0.15, 0.2) is 5.82 Å². The van der Waals surface area contributed by atoms with Crippen LogP contribution < -0.4 is 14.8 Å². The zero-order valence-corrected chi connectivity index (χ0v) is 24.2. The van der Waals surface area contributed by atoms with E-state index in [4.69, 9.17) is 19.2 Å². The fourth-order valence-electron chi connectivity index (χ4n) is 4.60. The van der Waals surface area contributed by atoms with Gasteiger partial charge >= 0.3 is 5.97 Å². The van der Waals surface area contributed by atoms with Gasteiger partial charge in [0.1, 0.15) is 22.4 Å². The van der Waals surface area contributed by atoms with E-state index in [9.17, 15) is 18.0 Å². The molecule has 3 atom stereocenters. The number of aromatic nitrogens is 3. The quantitative estimate of drug-likeness (QED) is 0.247. The standard InChI is InChI=1S/C27H29N5O7S2/c1-4-37-27-20(12-25(34)39-27)31-41(35,36)24-10-9-18(29-17(3)33)11-23(24)38-16(2)13-32-22-8-6-5-7-19(22)30-26(32)21-14-40-15-28-21/h5-11,14-16,20,27,31H,4,12-13H2,1-3H3,(H,29,33)/t16-,20?,27?/m1/s1. The van der Waals surface area contributed by atoms with Crippen molar-refractivity contribution >= 4 is 50.0 Å². The molecule has 2 aromatic heterocycles. The van der Waals surface area contributed by atoms with Crippen LogP contribution in [-0.2, 0) is 35.6 Å². The van der Waals surface area contributed by atoms with Crippen molar-refractivity contribution in [2.75, 3.05) is 11.9 Å². The highest BCUT2D eigenvalue weighted by atomic mass is 32.2. The van der Waals surface area contributed by atoms with Crippen LogP contribution in [0, 0.1) is 0 Å². The van der Waals surface area contributed by atoms with Crippen LogP contribution in [0.25, 0.3) is 22.6 Å². The first kappa shape index (κ1) is 28.7. The fourth-order valence-corrected chi connectivity index (χ4v) is 6.47. The van der Waals surface area contributed by atoms with E-state index in [0.29, 0.717) is 18.1 Å². The molecule has 216 valence electrons. The van der Waals surface area contributed by atoms with Crippen molar-refractivity contribution in [2.45, 2.75) is 57.1 Å². The molecule has 1 aliphatic heterocycles. The SMILES string of the molecule is CCOC1OC(=O)CC1NS(=O)(=O)c1ccc(NC(C)=O)cc1O[C@H](C)Cn1c(-c2cscn2)nc2ccccc21. The van der Waals surface area contributed by atoms with E-state index in [0.717, 1.165) is 16.7 Å². The molecule has 4 aromatic rings. The number of carbonyl (C=O) groups is 2. The Balaban J connectivity index is 1.46. The lowest BCUT2D eigenvalue weighted by Crippen LogP contribution is -2.41. The number of carbonyl (C=O) groups excluding carboxylic acids is 2. The van der Waals surface area contributed by atoms with E-state index in [1.54, 1.807) is 12.4 Å². The second-order valence-corrected chi connectivity index (χ2v) is 11.8. The van der Waals surface area contributed by atoms with Gasteiger partial charge in [-0.25, -0.2) is 23.1 Å². The maximum atomic E-state index is 13.6. The maximum Gasteiger partial charge on any atom is 0.310 e. The molecule has 12 nitrogen and oxygen atoms in total. The number of thiazole rings is 1. The maximum absolute atomic E-state index is 13.6. The Bertz CT molecular complexity index is 1670. The Morgan fingerprint density at radius 3 is 2.80 bits per heavy atom. The van der Waals surface area contributed by atoms with Crippen molar-refractivity contribution < 1.29 is 32.2 Å². The summed E-state index contributed by atoms with van der Waals surface area (Å²) in [4.78, 5) is 32.6. The number of nitrogens with zero attached hydrogens (tertiary/aromatic N) is 3. The van der Waals surface area contributed by atoms with Gasteiger partial charge in [0.2, 0.25) is 22.2 Å². The minimum Gasteiger partial charge on any atom is -0.487 e. The summed E-state index contributed by atoms with van der Waals surface area (Å²) in [6, 6.07) is 11.0. The molecule has 41 heavy (non-hydrogen) atoms. The number of ether oxygens (including phenoxy) is 3. The summed E-state index contributed by atoms with van der Waals surface area (Å²) in [5, 5.41) is 4.56. The molecule has 2 N–H and O–H groups in total. The number of benzene rings is 2. The van der Waals surface area contributed by atoms with Crippen molar-refractivity contribution in [1.82, 2.24) is 19.3 Å². The van der Waals surface area contributed by atoms with Gasteiger partial charge in [0.05, 0.1) is 35.6 Å². The van der Waals surface area contributed by atoms with Gasteiger partial charge < -0.3 is 24.1 Å². The largest absolute Gasteiger partial charge is 0.487 e. The lowest BCUT2D eigenvalue weighted by Gasteiger charge is -2.22. The van der Waals surface area contributed by atoms with Crippen molar-refractivity contribution in [2.24, 2.45) is 0 Å². The number of rotatable bonds is 11. The number of amides is 1. The number of para-hydroxylation sites is 2. The van der Waals surface area contributed by atoms with Gasteiger partial charge in [-0.2, -0.15) is 0 Å². The molecule has 1 saturated heterocycles. The van der Waals surface area contributed by atoms with E-state index in [2.05, 4.69) is 15.0 Å². The Morgan fingerprint density at radius 2 is 2.07 bits per heavy atom. The summed E-state index contributed by atoms with van der Waals surface area (Å²) in [6.07, 6.45) is -1.75. The van der Waals surface area contributed by atoms with Gasteiger partial charge in [0, 0.05) is 30.7 Å². The van der Waals surface area contributed by atoms with Crippen LogP contribution in [0.15, 0.2) is 58.3 Å². The highest BCUT2D eigenvalue weighted by Gasteiger charge is 2.39. The molecule has 1 fully saturated rings. The third-order valence-electron chi connectivity index (χ3n) is 6.24. The summed E-state index contributed by atoms with van der Waals surface area (Å²) >= 11 is 1.46. The molecule has 1 aliphatic rings. The van der Waals surface area contributed by atoms with Crippen LogP contribution in [0.1, 0.15) is 27.2 Å². The number of esters is 1. The van der Waals surface area contributed by atoms with Gasteiger partial charge in [-0.15, -0.1) is 11.3 Å². The summed E-state index contributed by atoms with van der Waals surface area (Å²) < 4.78 is 48.4. The molecular formula is C27H29N5O7S2. The number of fused-ring (bicyclic) bond motifs is 1. The number of hydrogen-bond donors (Lipinski definition) is 2. The average molecular weight is 600 g/mol. The topological polar surface area (TPSA) is 151 Å². The zero-order valence-electron chi connectivity index (χ0n) is 22.6. The highest BCUT2D eigenvalue weighted by molar-refractivity contribution is 7.89. The van der Waals surface area contributed by atoms with Crippen LogP contribution in [-0.4, -0.2) is 59.9 Å². The van der Waals surface area contributed by atoms with Gasteiger partial charge in [-0.1, -0.05) is 12.1 Å². The number of imidazole rings is 1. The second-order valence-electron chi connectivity index (χ2n) is 9.43. The predicted molar refractivity (Wildman–Crippen MR) is 152 cm³/mol. The number of nitrogens with one attached hydrogen (secondary N) is 2. The van der Waals surface area contributed by atoms with E-state index in [1.807, 2.05) is 41.1 Å². The molecule has 14 heteroatoms. The normalized spacial score (nSPS) is 17.9. The summed E-state index contributed by atoms with van der Waals surface area (Å²) in [5.74, 6) is -0.200. The highest BCUT2D eigenvalue weighted by Crippen LogP contribution is 2.31. The third-order valence-corrected chi connectivity index (χ3v) is 8.35. The van der Waals surface area contributed by atoms with Crippen LogP contribution >= 0.6 is 11.3 Å². The number of sulfonamides is 1. The molecule has 0 aliphatic carbocycles. The molecule has 3 heterocycles. The minimum atomic E-state index is -4.21. The molecule has 0 spiro atoms. The summed E-state index contributed by atoms with van der Waals surface area (Å²) in [6.45, 7) is 5.43. The van der Waals surface area contributed by atoms with Crippen molar-refractivity contribution in [3.8, 4) is 17.3 Å². The number of cyclic esters (lactones) is 1. The smallest absolute Gasteiger partial charge is 0.310 e. The first-order valence-electron chi connectivity index (χ1n) is 12.9. The second kappa shape index (κ2) is 11.9. The summed E-state index contributed by atoms with van der Waals surface area (Å²) in [5.41, 5.74) is 4.48. The van der Waals surface area contributed by atoms with Crippen molar-refractivity contribution in [3.63, 3.8) is 0 Å². The van der Waals surface area contributed by atoms with Crippen molar-refractivity contribution in [1.29, 1.82) is 0 Å².